The van der Waals surface area contributed by atoms with Crippen molar-refractivity contribution in [2.75, 3.05) is 6.61 Å². The highest BCUT2D eigenvalue weighted by Crippen LogP contribution is 2.35. The number of hydrogen-bond donors (Lipinski definition) is 1. The number of aromatic nitrogens is 2. The lowest BCUT2D eigenvalue weighted by Gasteiger charge is -2.25. The van der Waals surface area contributed by atoms with Crippen LogP contribution in [0.15, 0.2) is 18.5 Å². The molecule has 0 radical (unpaired) electrons. The first-order valence-corrected chi connectivity index (χ1v) is 8.98. The molecule has 1 N–H and O–H groups in total. The summed E-state index contributed by atoms with van der Waals surface area (Å²) in [5.74, 6) is -1.60. The van der Waals surface area contributed by atoms with Crippen molar-refractivity contribution in [2.24, 2.45) is 0 Å². The van der Waals surface area contributed by atoms with E-state index in [0.717, 1.165) is 25.1 Å². The Morgan fingerprint density at radius 1 is 1.48 bits per heavy atom. The molecule has 27 heavy (non-hydrogen) atoms. The number of benzene rings is 1. The first-order valence-electron chi connectivity index (χ1n) is 8.98. The summed E-state index contributed by atoms with van der Waals surface area (Å²) in [6.07, 6.45) is 3.38. The molecule has 0 saturated carbocycles. The van der Waals surface area contributed by atoms with Gasteiger partial charge in [-0.05, 0) is 31.3 Å². The van der Waals surface area contributed by atoms with Crippen LogP contribution in [-0.2, 0) is 29.0 Å². The Morgan fingerprint density at radius 3 is 3.04 bits per heavy atom. The number of hydrogen-bond acceptors (Lipinski definition) is 5. The number of imidazole rings is 1. The monoisotopic (exact) mass is 371 g/mol. The highest BCUT2D eigenvalue weighted by atomic mass is 19.1. The molecule has 3 heterocycles. The molecule has 9 heteroatoms. The van der Waals surface area contributed by atoms with E-state index in [1.54, 1.807) is 13.3 Å². The zero-order chi connectivity index (χ0) is 19.1. The average Bonchev–Trinajstić information content (AvgIpc) is 3.33. The minimum Gasteiger partial charge on any atom is -0.464 e. The van der Waals surface area contributed by atoms with Crippen LogP contribution >= 0.6 is 0 Å². The summed E-state index contributed by atoms with van der Waals surface area (Å²) < 4.78 is 21.6. The highest BCUT2D eigenvalue weighted by molar-refractivity contribution is 6.45. The van der Waals surface area contributed by atoms with E-state index in [-0.39, 0.29) is 31.8 Å². The predicted molar refractivity (Wildman–Crippen MR) is 95.2 cm³/mol. The predicted octanol–water partition coefficient (Wildman–Crippen LogP) is 0.198. The van der Waals surface area contributed by atoms with E-state index in [9.17, 15) is 19.0 Å². The fraction of sp³-hybridized carbons (Fsp3) is 0.389. The van der Waals surface area contributed by atoms with Crippen molar-refractivity contribution in [3.05, 3.63) is 46.8 Å². The topological polar surface area (TPSA) is 84.7 Å². The number of aryl methyl sites for hydroxylation is 1. The van der Waals surface area contributed by atoms with E-state index in [4.69, 9.17) is 4.74 Å². The number of carbonyl (C=O) groups excluding carboxylic acids is 2. The van der Waals surface area contributed by atoms with Gasteiger partial charge in [-0.2, -0.15) is 0 Å². The molecular weight excluding hydrogens is 352 g/mol. The number of amides is 1. The third-order valence-electron chi connectivity index (χ3n) is 5.13. The first kappa shape index (κ1) is 17.7. The van der Waals surface area contributed by atoms with Crippen LogP contribution < -0.4 is 5.46 Å². The maximum atomic E-state index is 14.4. The van der Waals surface area contributed by atoms with E-state index in [0.29, 0.717) is 11.2 Å². The lowest BCUT2D eigenvalue weighted by atomic mass is 9.86. The molecule has 1 amide bonds. The molecule has 1 atom stereocenters. The smallest absolute Gasteiger partial charge is 0.335 e. The van der Waals surface area contributed by atoms with Gasteiger partial charge < -0.3 is 19.2 Å². The maximum absolute atomic E-state index is 14.4. The number of carbonyl (C=O) groups is 2. The molecule has 0 saturated heterocycles. The van der Waals surface area contributed by atoms with Crippen molar-refractivity contribution >= 4 is 24.8 Å². The van der Waals surface area contributed by atoms with Gasteiger partial charge in [-0.25, -0.2) is 14.2 Å². The van der Waals surface area contributed by atoms with Gasteiger partial charge in [0.05, 0.1) is 25.2 Å². The van der Waals surface area contributed by atoms with Crippen LogP contribution in [0.5, 0.6) is 0 Å². The summed E-state index contributed by atoms with van der Waals surface area (Å²) in [4.78, 5) is 31.4. The van der Waals surface area contributed by atoms with Crippen LogP contribution in [0.1, 0.15) is 46.7 Å². The summed E-state index contributed by atoms with van der Waals surface area (Å²) >= 11 is 0. The van der Waals surface area contributed by atoms with Crippen molar-refractivity contribution in [1.29, 1.82) is 0 Å². The van der Waals surface area contributed by atoms with E-state index in [1.807, 2.05) is 4.57 Å². The van der Waals surface area contributed by atoms with Crippen molar-refractivity contribution in [3.63, 3.8) is 0 Å². The zero-order valence-corrected chi connectivity index (χ0v) is 14.9. The van der Waals surface area contributed by atoms with Gasteiger partial charge >= 0.3 is 13.5 Å². The molecule has 2 aromatic rings. The first-order chi connectivity index (χ1) is 13.0. The minimum atomic E-state index is -1.02. The lowest BCUT2D eigenvalue weighted by Crippen LogP contribution is -2.36. The Labute approximate surface area is 156 Å². The lowest BCUT2D eigenvalue weighted by molar-refractivity contribution is -0.149. The number of ether oxygens (including phenoxy) is 1. The molecule has 0 aliphatic carbocycles. The van der Waals surface area contributed by atoms with Gasteiger partial charge in [0.2, 0.25) is 0 Å². The third kappa shape index (κ3) is 2.82. The zero-order valence-electron chi connectivity index (χ0n) is 14.9. The number of halogens is 1. The van der Waals surface area contributed by atoms with Gasteiger partial charge in [0, 0.05) is 23.4 Å². The van der Waals surface area contributed by atoms with Gasteiger partial charge in [-0.3, -0.25) is 4.79 Å². The SMILES string of the molecule is CCOC(=O)C(c1ncn2c1CCC2)N1Cc2c(F)cc(BO)cc2C1=O. The molecular formula is C18H19BFN3O4. The van der Waals surface area contributed by atoms with Gasteiger partial charge in [0.15, 0.2) is 6.04 Å². The molecule has 140 valence electrons. The summed E-state index contributed by atoms with van der Waals surface area (Å²) in [5, 5.41) is 9.29. The number of fused-ring (bicyclic) bond motifs is 2. The minimum absolute atomic E-state index is 0.0402. The molecule has 4 rings (SSSR count). The normalized spacial score (nSPS) is 16.3. The van der Waals surface area contributed by atoms with E-state index < -0.39 is 23.7 Å². The Hall–Kier alpha value is -2.68. The largest absolute Gasteiger partial charge is 0.464 e. The number of rotatable bonds is 5. The Balaban J connectivity index is 1.76. The molecule has 2 aliphatic heterocycles. The molecule has 7 nitrogen and oxygen atoms in total. The summed E-state index contributed by atoms with van der Waals surface area (Å²) in [7, 11) is -0.368. The van der Waals surface area contributed by atoms with E-state index in [1.165, 1.54) is 17.0 Å². The van der Waals surface area contributed by atoms with Gasteiger partial charge in [-0.15, -0.1) is 0 Å². The van der Waals surface area contributed by atoms with Gasteiger partial charge in [-0.1, -0.05) is 6.07 Å². The van der Waals surface area contributed by atoms with Gasteiger partial charge in [0.1, 0.15) is 5.82 Å². The second kappa shape index (κ2) is 6.81. The van der Waals surface area contributed by atoms with Crippen LogP contribution in [0, 0.1) is 5.82 Å². The van der Waals surface area contributed by atoms with Crippen LogP contribution in [0.25, 0.3) is 0 Å². The van der Waals surface area contributed by atoms with Crippen molar-refractivity contribution in [2.45, 2.75) is 38.9 Å². The summed E-state index contributed by atoms with van der Waals surface area (Å²) in [6, 6.07) is 1.67. The molecule has 0 fully saturated rings. The Kier molecular flexibility index (Phi) is 4.47. The van der Waals surface area contributed by atoms with Crippen molar-refractivity contribution < 1.29 is 23.7 Å². The second-order valence-corrected chi connectivity index (χ2v) is 6.72. The van der Waals surface area contributed by atoms with Crippen LogP contribution in [0.4, 0.5) is 4.39 Å². The molecule has 0 spiro atoms. The summed E-state index contributed by atoms with van der Waals surface area (Å²) in [5.41, 5.74) is 2.12. The highest BCUT2D eigenvalue weighted by Gasteiger charge is 2.42. The van der Waals surface area contributed by atoms with Crippen LogP contribution in [0.2, 0.25) is 0 Å². The van der Waals surface area contributed by atoms with Crippen LogP contribution in [0.3, 0.4) is 0 Å². The van der Waals surface area contributed by atoms with E-state index in [2.05, 4.69) is 4.98 Å². The molecule has 2 aliphatic rings. The Bertz CT molecular complexity index is 930. The van der Waals surface area contributed by atoms with Gasteiger partial charge in [0.25, 0.3) is 5.91 Å². The Morgan fingerprint density at radius 2 is 2.30 bits per heavy atom. The number of nitrogens with zero attached hydrogens (tertiary/aromatic N) is 3. The standard InChI is InChI=1S/C18H19BFN3O4/c1-2-27-18(25)16(15-14-4-3-5-22(14)9-21-15)23-8-12-11(17(23)24)6-10(19-26)7-13(12)20/h6-7,9,16,19,26H,2-5,8H2,1H3. The van der Waals surface area contributed by atoms with Crippen molar-refractivity contribution in [1.82, 2.24) is 14.5 Å². The quantitative estimate of drug-likeness (QED) is 0.600. The fourth-order valence-corrected chi connectivity index (χ4v) is 3.88. The van der Waals surface area contributed by atoms with E-state index >= 15 is 0 Å². The molecule has 1 unspecified atom stereocenters. The van der Waals surface area contributed by atoms with Crippen LogP contribution in [-0.4, -0.2) is 45.4 Å². The second-order valence-electron chi connectivity index (χ2n) is 6.72. The molecule has 1 aromatic carbocycles. The maximum Gasteiger partial charge on any atom is 0.335 e. The summed E-state index contributed by atoms with van der Waals surface area (Å²) in [6.45, 7) is 2.64. The fourth-order valence-electron chi connectivity index (χ4n) is 3.88. The van der Waals surface area contributed by atoms with Crippen molar-refractivity contribution in [3.8, 4) is 0 Å². The molecule has 0 bridgehead atoms. The number of esters is 1. The molecule has 1 aromatic heterocycles. The third-order valence-corrected chi connectivity index (χ3v) is 5.13. The average molecular weight is 371 g/mol.